The maximum atomic E-state index is 13.5. The lowest BCUT2D eigenvalue weighted by Gasteiger charge is -2.29. The van der Waals surface area contributed by atoms with Crippen LogP contribution in [0, 0.1) is 11.8 Å². The van der Waals surface area contributed by atoms with Gasteiger partial charge in [0.2, 0.25) is 11.8 Å². The molecule has 1 saturated carbocycles. The monoisotopic (exact) mass is 546 g/mol. The zero-order valence-electron chi connectivity index (χ0n) is 23.2. The first-order valence-corrected chi connectivity index (χ1v) is 14.6. The molecule has 1 heterocycles. The summed E-state index contributed by atoms with van der Waals surface area (Å²) in [6, 6.07) is 19.3. The number of allylic oxidation sites excluding steroid dienone is 2. The number of aliphatic hydroxyl groups excluding tert-OH is 1. The summed E-state index contributed by atoms with van der Waals surface area (Å²) >= 11 is 0. The average Bonchev–Trinajstić information content (AvgIpc) is 3.43. The van der Waals surface area contributed by atoms with Crippen LogP contribution in [-0.2, 0) is 32.0 Å². The van der Waals surface area contributed by atoms with Crippen LogP contribution in [0.3, 0.4) is 0 Å². The average molecular weight is 547 g/mol. The maximum Gasteiger partial charge on any atom is 0.309 e. The van der Waals surface area contributed by atoms with Crippen LogP contribution in [0.25, 0.3) is 0 Å². The van der Waals surface area contributed by atoms with E-state index in [1.54, 1.807) is 0 Å². The zero-order valence-corrected chi connectivity index (χ0v) is 23.2. The van der Waals surface area contributed by atoms with E-state index in [4.69, 9.17) is 4.74 Å². The van der Waals surface area contributed by atoms with Gasteiger partial charge in [-0.15, -0.1) is 0 Å². The number of ether oxygens (including phenoxy) is 1. The number of hydrogen-bond acceptors (Lipinski definition) is 5. The van der Waals surface area contributed by atoms with Crippen molar-refractivity contribution in [1.29, 1.82) is 0 Å². The standard InChI is InChI=1S/C33H42N2O5/c36-24-33(18-10-11-19-33)35-30(37)22-27-16-8-3-9-17-28(20-25-12-4-1-5-13-25)32(39)40-23-29(34-31(27)38)21-26-14-6-2-7-15-26/h1-8,12-15,27-29,36H,9-11,16-24H2,(H,34,38)(H,35,37). The number of aliphatic hydroxyl groups is 1. The molecule has 7 nitrogen and oxygen atoms in total. The zero-order chi connectivity index (χ0) is 28.2. The molecule has 2 aromatic carbocycles. The highest BCUT2D eigenvalue weighted by atomic mass is 16.5. The van der Waals surface area contributed by atoms with Crippen molar-refractivity contribution in [2.24, 2.45) is 11.8 Å². The van der Waals surface area contributed by atoms with Crippen LogP contribution in [0.2, 0.25) is 0 Å². The van der Waals surface area contributed by atoms with Crippen LogP contribution in [0.4, 0.5) is 0 Å². The van der Waals surface area contributed by atoms with Crippen molar-refractivity contribution in [3.63, 3.8) is 0 Å². The van der Waals surface area contributed by atoms with Crippen molar-refractivity contribution in [2.45, 2.75) is 75.8 Å². The molecule has 0 spiro atoms. The molecule has 2 amide bonds. The van der Waals surface area contributed by atoms with Crippen LogP contribution in [0.5, 0.6) is 0 Å². The predicted octanol–water partition coefficient (Wildman–Crippen LogP) is 4.28. The Balaban J connectivity index is 1.49. The Bertz CT molecular complexity index is 1130. The Hall–Kier alpha value is -3.45. The number of carbonyl (C=O) groups is 3. The van der Waals surface area contributed by atoms with E-state index in [9.17, 15) is 19.5 Å². The summed E-state index contributed by atoms with van der Waals surface area (Å²) in [4.78, 5) is 39.8. The lowest BCUT2D eigenvalue weighted by molar-refractivity contribution is -0.150. The maximum absolute atomic E-state index is 13.5. The van der Waals surface area contributed by atoms with Crippen molar-refractivity contribution in [3.05, 3.63) is 83.9 Å². The normalized spacial score (nSPS) is 23.7. The molecule has 40 heavy (non-hydrogen) atoms. The van der Waals surface area contributed by atoms with Gasteiger partial charge >= 0.3 is 5.97 Å². The van der Waals surface area contributed by atoms with E-state index in [0.717, 1.165) is 36.8 Å². The van der Waals surface area contributed by atoms with E-state index < -0.39 is 17.5 Å². The van der Waals surface area contributed by atoms with Crippen LogP contribution >= 0.6 is 0 Å². The molecule has 1 aliphatic carbocycles. The lowest BCUT2D eigenvalue weighted by Crippen LogP contribution is -2.50. The molecular formula is C33H42N2O5. The molecule has 1 fully saturated rings. The number of cyclic esters (lactones) is 1. The number of nitrogens with one attached hydrogen (secondary N) is 2. The summed E-state index contributed by atoms with van der Waals surface area (Å²) in [5, 5.41) is 16.0. The fourth-order valence-electron chi connectivity index (χ4n) is 5.78. The first kappa shape index (κ1) is 29.5. The van der Waals surface area contributed by atoms with Crippen LogP contribution in [0.15, 0.2) is 72.8 Å². The summed E-state index contributed by atoms with van der Waals surface area (Å²) in [6.07, 6.45) is 10.3. The predicted molar refractivity (Wildman–Crippen MR) is 154 cm³/mol. The molecule has 214 valence electrons. The third-order valence-corrected chi connectivity index (χ3v) is 8.10. The van der Waals surface area contributed by atoms with E-state index in [-0.39, 0.29) is 43.3 Å². The summed E-state index contributed by atoms with van der Waals surface area (Å²) < 4.78 is 5.82. The van der Waals surface area contributed by atoms with Crippen molar-refractivity contribution in [1.82, 2.24) is 10.6 Å². The van der Waals surface area contributed by atoms with Crippen LogP contribution in [0.1, 0.15) is 62.5 Å². The van der Waals surface area contributed by atoms with E-state index in [0.29, 0.717) is 32.1 Å². The molecule has 1 aliphatic heterocycles. The first-order valence-electron chi connectivity index (χ1n) is 14.6. The fourth-order valence-corrected chi connectivity index (χ4v) is 5.78. The molecule has 4 rings (SSSR count). The third kappa shape index (κ3) is 8.78. The molecular weight excluding hydrogens is 504 g/mol. The number of amides is 2. The Morgan fingerprint density at radius 1 is 0.925 bits per heavy atom. The van der Waals surface area contributed by atoms with Gasteiger partial charge in [-0.2, -0.15) is 0 Å². The molecule has 3 N–H and O–H groups in total. The molecule has 0 radical (unpaired) electrons. The molecule has 0 saturated heterocycles. The van der Waals surface area contributed by atoms with Gasteiger partial charge in [-0.1, -0.05) is 85.7 Å². The second kappa shape index (κ2) is 14.8. The quantitative estimate of drug-likeness (QED) is 0.339. The third-order valence-electron chi connectivity index (χ3n) is 8.10. The molecule has 2 aliphatic rings. The van der Waals surface area contributed by atoms with Crippen LogP contribution < -0.4 is 10.6 Å². The Kier molecular flexibility index (Phi) is 10.9. The number of rotatable bonds is 8. The smallest absolute Gasteiger partial charge is 0.309 e. The SMILES string of the molecule is O=C(CC1CC=CCCC(Cc2ccccc2)C(=O)OCC(Cc2ccccc2)NC1=O)NC1(CO)CCCC1. The van der Waals surface area contributed by atoms with Gasteiger partial charge in [0.15, 0.2) is 0 Å². The first-order chi connectivity index (χ1) is 19.5. The van der Waals surface area contributed by atoms with E-state index in [1.807, 2.05) is 72.8 Å². The molecule has 3 unspecified atom stereocenters. The summed E-state index contributed by atoms with van der Waals surface area (Å²) in [5.74, 6) is -1.57. The fraction of sp³-hybridized carbons (Fsp3) is 0.485. The Morgan fingerprint density at radius 3 is 2.23 bits per heavy atom. The van der Waals surface area contributed by atoms with Crippen LogP contribution in [-0.4, -0.2) is 47.7 Å². The van der Waals surface area contributed by atoms with Gasteiger partial charge in [0.05, 0.1) is 30.0 Å². The topological polar surface area (TPSA) is 105 Å². The molecule has 0 aromatic heterocycles. The van der Waals surface area contributed by atoms with E-state index in [1.165, 1.54) is 0 Å². The van der Waals surface area contributed by atoms with Gasteiger partial charge in [0, 0.05) is 6.42 Å². The number of benzene rings is 2. The highest BCUT2D eigenvalue weighted by Gasteiger charge is 2.35. The minimum Gasteiger partial charge on any atom is -0.463 e. The molecule has 2 aromatic rings. The van der Waals surface area contributed by atoms with Crippen molar-refractivity contribution in [2.75, 3.05) is 13.2 Å². The van der Waals surface area contributed by atoms with Crippen molar-refractivity contribution in [3.8, 4) is 0 Å². The van der Waals surface area contributed by atoms with Gasteiger partial charge < -0.3 is 20.5 Å². The highest BCUT2D eigenvalue weighted by Crippen LogP contribution is 2.29. The van der Waals surface area contributed by atoms with Gasteiger partial charge in [-0.3, -0.25) is 14.4 Å². The number of carbonyl (C=O) groups excluding carboxylic acids is 3. The van der Waals surface area contributed by atoms with Crippen molar-refractivity contribution < 1.29 is 24.2 Å². The molecule has 3 atom stereocenters. The minimum absolute atomic E-state index is 0.0341. The summed E-state index contributed by atoms with van der Waals surface area (Å²) in [6.45, 7) is -0.0328. The van der Waals surface area contributed by atoms with Crippen molar-refractivity contribution >= 4 is 17.8 Å². The Morgan fingerprint density at radius 2 is 1.57 bits per heavy atom. The summed E-state index contributed by atoms with van der Waals surface area (Å²) in [7, 11) is 0. The lowest BCUT2D eigenvalue weighted by atomic mass is 9.94. The van der Waals surface area contributed by atoms with Gasteiger partial charge in [0.1, 0.15) is 6.61 Å². The largest absolute Gasteiger partial charge is 0.463 e. The van der Waals surface area contributed by atoms with Gasteiger partial charge in [-0.05, 0) is 56.1 Å². The second-order valence-corrected chi connectivity index (χ2v) is 11.3. The highest BCUT2D eigenvalue weighted by molar-refractivity contribution is 5.86. The Labute approximate surface area is 237 Å². The molecule has 7 heteroatoms. The number of esters is 1. The minimum atomic E-state index is -0.579. The summed E-state index contributed by atoms with van der Waals surface area (Å²) in [5.41, 5.74) is 1.53. The van der Waals surface area contributed by atoms with E-state index >= 15 is 0 Å². The van der Waals surface area contributed by atoms with Gasteiger partial charge in [0.25, 0.3) is 0 Å². The number of hydrogen-bond donors (Lipinski definition) is 3. The van der Waals surface area contributed by atoms with E-state index in [2.05, 4.69) is 10.6 Å². The molecule has 0 bridgehead atoms. The second-order valence-electron chi connectivity index (χ2n) is 11.3. The van der Waals surface area contributed by atoms with Gasteiger partial charge in [-0.25, -0.2) is 0 Å².